The lowest BCUT2D eigenvalue weighted by Crippen LogP contribution is -2.35. The highest BCUT2D eigenvalue weighted by Gasteiger charge is 2.21. The molecule has 0 saturated heterocycles. The van der Waals surface area contributed by atoms with E-state index in [0.29, 0.717) is 58.6 Å². The SMILES string of the molecule is C=CCOC(=O)c1sc2nc(CN(Cc3ccccc3)CC(O)COCC(C)C)[nH]c(=O)c2c1C. The summed E-state index contributed by atoms with van der Waals surface area (Å²) in [6, 6.07) is 9.90. The van der Waals surface area contributed by atoms with Crippen LogP contribution in [-0.4, -0.2) is 58.4 Å². The molecule has 0 aliphatic rings. The molecule has 9 heteroatoms. The van der Waals surface area contributed by atoms with Crippen molar-refractivity contribution >= 4 is 27.5 Å². The van der Waals surface area contributed by atoms with Crippen molar-refractivity contribution in [2.24, 2.45) is 5.92 Å². The molecule has 1 unspecified atom stereocenters. The lowest BCUT2D eigenvalue weighted by molar-refractivity contribution is 0.00517. The van der Waals surface area contributed by atoms with E-state index in [2.05, 4.69) is 30.4 Å². The number of rotatable bonds is 13. The second kappa shape index (κ2) is 12.7. The first-order valence-electron chi connectivity index (χ1n) is 11.6. The van der Waals surface area contributed by atoms with Crippen molar-refractivity contribution in [2.45, 2.75) is 40.0 Å². The number of aliphatic hydroxyl groups is 1. The molecule has 2 aromatic heterocycles. The molecule has 1 aromatic carbocycles. The van der Waals surface area contributed by atoms with Crippen molar-refractivity contribution in [2.75, 3.05) is 26.4 Å². The third-order valence-corrected chi connectivity index (χ3v) is 6.39. The zero-order valence-corrected chi connectivity index (χ0v) is 21.3. The molecule has 0 bridgehead atoms. The van der Waals surface area contributed by atoms with Gasteiger partial charge in [0.25, 0.3) is 5.56 Å². The molecule has 188 valence electrons. The summed E-state index contributed by atoms with van der Waals surface area (Å²) in [7, 11) is 0. The average Bonchev–Trinajstić information content (AvgIpc) is 3.14. The number of fused-ring (bicyclic) bond motifs is 1. The highest BCUT2D eigenvalue weighted by atomic mass is 32.1. The van der Waals surface area contributed by atoms with Gasteiger partial charge in [-0.25, -0.2) is 9.78 Å². The Morgan fingerprint density at radius 3 is 2.69 bits per heavy atom. The Hall–Kier alpha value is -2.85. The maximum absolute atomic E-state index is 12.9. The van der Waals surface area contributed by atoms with Crippen LogP contribution in [0.25, 0.3) is 10.2 Å². The number of nitrogens with zero attached hydrogens (tertiary/aromatic N) is 2. The summed E-state index contributed by atoms with van der Waals surface area (Å²) >= 11 is 1.14. The van der Waals surface area contributed by atoms with E-state index in [1.165, 1.54) is 6.08 Å². The molecule has 8 nitrogen and oxygen atoms in total. The van der Waals surface area contributed by atoms with Crippen LogP contribution in [0.5, 0.6) is 0 Å². The number of benzene rings is 1. The minimum absolute atomic E-state index is 0.0964. The van der Waals surface area contributed by atoms with Crippen molar-refractivity contribution in [3.05, 3.63) is 75.2 Å². The van der Waals surface area contributed by atoms with Gasteiger partial charge < -0.3 is 19.6 Å². The van der Waals surface area contributed by atoms with Gasteiger partial charge in [0, 0.05) is 19.7 Å². The minimum Gasteiger partial charge on any atom is -0.457 e. The molecule has 0 aliphatic carbocycles. The monoisotopic (exact) mass is 499 g/mol. The Labute approximate surface area is 209 Å². The summed E-state index contributed by atoms with van der Waals surface area (Å²) in [5, 5.41) is 11.0. The molecule has 0 amide bonds. The summed E-state index contributed by atoms with van der Waals surface area (Å²) in [4.78, 5) is 35.6. The Morgan fingerprint density at radius 2 is 2.00 bits per heavy atom. The standard InChI is InChI=1S/C26H33N3O5S/c1-5-11-34-26(32)23-18(4)22-24(31)27-21(28-25(22)35-23)14-29(12-19-9-7-6-8-10-19)13-20(30)16-33-15-17(2)3/h5-10,17,20,30H,1,11-16H2,2-4H3,(H,27,28,31). The second-order valence-electron chi connectivity index (χ2n) is 8.88. The Bertz CT molecular complexity index is 1190. The fraction of sp³-hybridized carbons (Fsp3) is 0.423. The molecular weight excluding hydrogens is 466 g/mol. The number of aryl methyl sites for hydroxylation is 1. The zero-order chi connectivity index (χ0) is 25.4. The summed E-state index contributed by atoms with van der Waals surface area (Å²) in [5.41, 5.74) is 1.32. The van der Waals surface area contributed by atoms with Crippen LogP contribution >= 0.6 is 11.3 Å². The van der Waals surface area contributed by atoms with Gasteiger partial charge in [0.1, 0.15) is 22.1 Å². The van der Waals surface area contributed by atoms with Gasteiger partial charge in [-0.05, 0) is 24.0 Å². The molecule has 0 saturated carbocycles. The lowest BCUT2D eigenvalue weighted by atomic mass is 10.2. The van der Waals surface area contributed by atoms with Gasteiger partial charge in [0.15, 0.2) is 0 Å². The first kappa shape index (κ1) is 26.7. The summed E-state index contributed by atoms with van der Waals surface area (Å²) in [6.45, 7) is 11.5. The fourth-order valence-electron chi connectivity index (χ4n) is 3.69. The topological polar surface area (TPSA) is 105 Å². The van der Waals surface area contributed by atoms with Gasteiger partial charge in [-0.1, -0.05) is 56.8 Å². The summed E-state index contributed by atoms with van der Waals surface area (Å²) in [5.74, 6) is 0.347. The number of aromatic amines is 1. The Kier molecular flexibility index (Phi) is 9.73. The van der Waals surface area contributed by atoms with Crippen LogP contribution in [0, 0.1) is 12.8 Å². The molecule has 0 aliphatic heterocycles. The van der Waals surface area contributed by atoms with Crippen LogP contribution in [0.4, 0.5) is 0 Å². The molecule has 1 atom stereocenters. The minimum atomic E-state index is -0.692. The number of carbonyl (C=O) groups excluding carboxylic acids is 1. The Balaban J connectivity index is 1.82. The number of hydrogen-bond donors (Lipinski definition) is 2. The number of ether oxygens (including phenoxy) is 2. The summed E-state index contributed by atoms with van der Waals surface area (Å²) < 4.78 is 10.7. The van der Waals surface area contributed by atoms with Crippen molar-refractivity contribution < 1.29 is 19.4 Å². The van der Waals surface area contributed by atoms with Crippen LogP contribution in [-0.2, 0) is 22.6 Å². The predicted octanol–water partition coefficient (Wildman–Crippen LogP) is 3.67. The number of aliphatic hydroxyl groups excluding tert-OH is 1. The quantitative estimate of drug-likeness (QED) is 0.273. The maximum Gasteiger partial charge on any atom is 0.348 e. The molecule has 3 rings (SSSR count). The fourth-order valence-corrected chi connectivity index (χ4v) is 4.78. The predicted molar refractivity (Wildman–Crippen MR) is 138 cm³/mol. The van der Waals surface area contributed by atoms with Gasteiger partial charge in [-0.15, -0.1) is 11.3 Å². The maximum atomic E-state index is 12.9. The zero-order valence-electron chi connectivity index (χ0n) is 20.5. The van der Waals surface area contributed by atoms with E-state index in [1.54, 1.807) is 6.92 Å². The van der Waals surface area contributed by atoms with Gasteiger partial charge in [0.05, 0.1) is 24.6 Å². The third-order valence-electron chi connectivity index (χ3n) is 5.22. The van der Waals surface area contributed by atoms with E-state index in [0.717, 1.165) is 16.9 Å². The van der Waals surface area contributed by atoms with Crippen molar-refractivity contribution in [3.8, 4) is 0 Å². The van der Waals surface area contributed by atoms with Crippen molar-refractivity contribution in [3.63, 3.8) is 0 Å². The molecule has 0 fully saturated rings. The molecule has 2 N–H and O–H groups in total. The third kappa shape index (κ3) is 7.57. The van der Waals surface area contributed by atoms with Crippen LogP contribution in [0.15, 0.2) is 47.8 Å². The number of aromatic nitrogens is 2. The highest BCUT2D eigenvalue weighted by Crippen LogP contribution is 2.27. The van der Waals surface area contributed by atoms with E-state index >= 15 is 0 Å². The van der Waals surface area contributed by atoms with E-state index in [9.17, 15) is 14.7 Å². The van der Waals surface area contributed by atoms with Gasteiger partial charge >= 0.3 is 5.97 Å². The number of carbonyl (C=O) groups is 1. The van der Waals surface area contributed by atoms with Gasteiger partial charge in [0.2, 0.25) is 0 Å². The highest BCUT2D eigenvalue weighted by molar-refractivity contribution is 7.20. The number of thiophene rings is 1. The van der Waals surface area contributed by atoms with Crippen LogP contribution in [0.3, 0.4) is 0 Å². The summed E-state index contributed by atoms with van der Waals surface area (Å²) in [6.07, 6.45) is 0.802. The Morgan fingerprint density at radius 1 is 1.26 bits per heavy atom. The first-order chi connectivity index (χ1) is 16.8. The van der Waals surface area contributed by atoms with Crippen molar-refractivity contribution in [1.29, 1.82) is 0 Å². The van der Waals surface area contributed by atoms with Crippen LogP contribution in [0.1, 0.15) is 40.5 Å². The second-order valence-corrected chi connectivity index (χ2v) is 9.88. The largest absolute Gasteiger partial charge is 0.457 e. The normalized spacial score (nSPS) is 12.4. The number of nitrogens with one attached hydrogen (secondary N) is 1. The van der Waals surface area contributed by atoms with Crippen molar-refractivity contribution in [1.82, 2.24) is 14.9 Å². The van der Waals surface area contributed by atoms with Crippen LogP contribution in [0.2, 0.25) is 0 Å². The van der Waals surface area contributed by atoms with Crippen LogP contribution < -0.4 is 5.56 Å². The van der Waals surface area contributed by atoms with Gasteiger partial charge in [-0.3, -0.25) is 9.69 Å². The van der Waals surface area contributed by atoms with E-state index in [-0.39, 0.29) is 18.8 Å². The molecule has 0 spiro atoms. The molecular formula is C26H33N3O5S. The van der Waals surface area contributed by atoms with Gasteiger partial charge in [-0.2, -0.15) is 0 Å². The van der Waals surface area contributed by atoms with E-state index < -0.39 is 12.1 Å². The number of esters is 1. The first-order valence-corrected chi connectivity index (χ1v) is 12.4. The molecule has 3 aromatic rings. The smallest absolute Gasteiger partial charge is 0.348 e. The molecule has 0 radical (unpaired) electrons. The van der Waals surface area contributed by atoms with E-state index in [4.69, 9.17) is 9.47 Å². The lowest BCUT2D eigenvalue weighted by Gasteiger charge is -2.25. The molecule has 35 heavy (non-hydrogen) atoms. The number of hydrogen-bond acceptors (Lipinski definition) is 8. The average molecular weight is 500 g/mol. The number of H-pyrrole nitrogens is 1. The van der Waals surface area contributed by atoms with E-state index in [1.807, 2.05) is 35.2 Å². The molecule has 2 heterocycles.